The summed E-state index contributed by atoms with van der Waals surface area (Å²) in [4.78, 5) is 23.9. The first-order valence-electron chi connectivity index (χ1n) is 8.84. The highest BCUT2D eigenvalue weighted by Gasteiger charge is 2.29. The summed E-state index contributed by atoms with van der Waals surface area (Å²) in [5, 5.41) is 15.3. The maximum Gasteiger partial charge on any atom is 0.337 e. The fourth-order valence-corrected chi connectivity index (χ4v) is 3.48. The van der Waals surface area contributed by atoms with Crippen LogP contribution in [0.2, 0.25) is 10.0 Å². The van der Waals surface area contributed by atoms with Crippen LogP contribution in [-0.2, 0) is 4.79 Å². The molecule has 1 N–H and O–H groups in total. The number of amides is 1. The molecule has 1 amide bonds. The van der Waals surface area contributed by atoms with Crippen LogP contribution >= 0.6 is 23.2 Å². The zero-order chi connectivity index (χ0) is 21.4. The van der Waals surface area contributed by atoms with E-state index in [2.05, 4.69) is 5.10 Å². The summed E-state index contributed by atoms with van der Waals surface area (Å²) in [5.41, 5.74) is 2.16. The number of halogens is 2. The average Bonchev–Trinajstić information content (AvgIpc) is 3.28. The van der Waals surface area contributed by atoms with Crippen LogP contribution in [0.5, 0.6) is 0 Å². The van der Waals surface area contributed by atoms with Crippen molar-refractivity contribution in [2.75, 3.05) is 5.01 Å². The second-order valence-corrected chi connectivity index (χ2v) is 7.39. The monoisotopic (exact) mass is 440 g/mol. The third kappa shape index (κ3) is 3.75. The second-order valence-electron chi connectivity index (χ2n) is 6.54. The van der Waals surface area contributed by atoms with E-state index in [0.717, 1.165) is 0 Å². The van der Waals surface area contributed by atoms with Gasteiger partial charge in [-0.25, -0.2) is 4.79 Å². The van der Waals surface area contributed by atoms with Gasteiger partial charge in [-0.3, -0.25) is 4.79 Å². The fourth-order valence-electron chi connectivity index (χ4n) is 3.04. The van der Waals surface area contributed by atoms with Crippen molar-refractivity contribution in [3.8, 4) is 11.3 Å². The molecule has 0 saturated carbocycles. The average molecular weight is 441 g/mol. The molecule has 1 aromatic heterocycles. The largest absolute Gasteiger partial charge is 0.478 e. The Labute approximate surface area is 181 Å². The summed E-state index contributed by atoms with van der Waals surface area (Å²) in [7, 11) is 0. The van der Waals surface area contributed by atoms with E-state index >= 15 is 0 Å². The van der Waals surface area contributed by atoms with Crippen molar-refractivity contribution >= 4 is 52.6 Å². The lowest BCUT2D eigenvalue weighted by atomic mass is 10.1. The Morgan fingerprint density at radius 1 is 1.13 bits per heavy atom. The maximum absolute atomic E-state index is 12.8. The van der Waals surface area contributed by atoms with Gasteiger partial charge in [0.25, 0.3) is 5.91 Å². The van der Waals surface area contributed by atoms with Gasteiger partial charge < -0.3 is 9.52 Å². The van der Waals surface area contributed by atoms with Gasteiger partial charge in [0.2, 0.25) is 0 Å². The van der Waals surface area contributed by atoms with Crippen LogP contribution in [0.25, 0.3) is 17.4 Å². The number of furan rings is 1. The number of carboxylic acids is 1. The van der Waals surface area contributed by atoms with E-state index in [0.29, 0.717) is 39.1 Å². The van der Waals surface area contributed by atoms with E-state index in [4.69, 9.17) is 32.7 Å². The molecule has 0 unspecified atom stereocenters. The van der Waals surface area contributed by atoms with E-state index < -0.39 is 5.97 Å². The number of rotatable bonds is 4. The summed E-state index contributed by atoms with van der Waals surface area (Å²) in [6.07, 6.45) is 1.61. The molecule has 6 nitrogen and oxygen atoms in total. The van der Waals surface area contributed by atoms with Crippen LogP contribution in [0.3, 0.4) is 0 Å². The highest BCUT2D eigenvalue weighted by atomic mass is 35.5. The molecule has 0 atom stereocenters. The van der Waals surface area contributed by atoms with E-state index in [1.165, 1.54) is 17.1 Å². The molecule has 0 aliphatic carbocycles. The molecule has 150 valence electrons. The summed E-state index contributed by atoms with van der Waals surface area (Å²) in [6.45, 7) is 1.74. The molecule has 3 aromatic rings. The van der Waals surface area contributed by atoms with Crippen LogP contribution in [0, 0.1) is 0 Å². The minimum atomic E-state index is -1.10. The Morgan fingerprint density at radius 3 is 2.63 bits per heavy atom. The normalized spacial score (nSPS) is 15.0. The molecule has 8 heteroatoms. The molecule has 4 rings (SSSR count). The third-order valence-electron chi connectivity index (χ3n) is 4.51. The summed E-state index contributed by atoms with van der Waals surface area (Å²) >= 11 is 12.0. The van der Waals surface area contributed by atoms with Crippen LogP contribution < -0.4 is 5.01 Å². The van der Waals surface area contributed by atoms with Gasteiger partial charge in [0.1, 0.15) is 11.5 Å². The SMILES string of the molecule is CC1=NN(c2cccc(Cl)c2)C(=O)/C1=C\c1ccc(-c2ccc(C(=O)O)c(Cl)c2)o1. The van der Waals surface area contributed by atoms with Crippen molar-refractivity contribution in [2.24, 2.45) is 5.10 Å². The van der Waals surface area contributed by atoms with Gasteiger partial charge in [-0.1, -0.05) is 35.3 Å². The van der Waals surface area contributed by atoms with E-state index in [9.17, 15) is 9.59 Å². The van der Waals surface area contributed by atoms with Crippen LogP contribution in [0.4, 0.5) is 5.69 Å². The number of nitrogens with zero attached hydrogens (tertiary/aromatic N) is 2. The number of hydrogen-bond donors (Lipinski definition) is 1. The molecule has 0 saturated heterocycles. The number of carbonyl (C=O) groups is 2. The van der Waals surface area contributed by atoms with Gasteiger partial charge in [0.05, 0.1) is 27.6 Å². The van der Waals surface area contributed by atoms with Gasteiger partial charge in [0.15, 0.2) is 0 Å². The molecule has 0 radical (unpaired) electrons. The first-order valence-corrected chi connectivity index (χ1v) is 9.59. The fraction of sp³-hybridized carbons (Fsp3) is 0.0455. The molecule has 30 heavy (non-hydrogen) atoms. The van der Waals surface area contributed by atoms with E-state index in [-0.39, 0.29) is 16.5 Å². The minimum absolute atomic E-state index is 0.0128. The molecule has 1 aliphatic heterocycles. The smallest absolute Gasteiger partial charge is 0.337 e. The Hall–Kier alpha value is -3.35. The Kier molecular flexibility index (Phi) is 5.20. The standard InChI is InChI=1S/C22H14Cl2N2O4/c1-12-18(21(27)26(25-12)15-4-2-3-14(23)10-15)11-16-6-8-20(30-16)13-5-7-17(22(28)29)19(24)9-13/h2-11H,1H3,(H,28,29)/b18-11-. The number of hydrazone groups is 1. The summed E-state index contributed by atoms with van der Waals surface area (Å²) in [6, 6.07) is 14.9. The van der Waals surface area contributed by atoms with Crippen molar-refractivity contribution in [1.29, 1.82) is 0 Å². The molecular formula is C22H14Cl2N2O4. The number of hydrogen-bond acceptors (Lipinski definition) is 4. The zero-order valence-electron chi connectivity index (χ0n) is 15.6. The number of aromatic carboxylic acids is 1. The molecule has 2 aromatic carbocycles. The van der Waals surface area contributed by atoms with Gasteiger partial charge >= 0.3 is 5.97 Å². The Morgan fingerprint density at radius 2 is 1.93 bits per heavy atom. The maximum atomic E-state index is 12.8. The number of carbonyl (C=O) groups excluding carboxylic acids is 1. The number of benzene rings is 2. The van der Waals surface area contributed by atoms with Crippen molar-refractivity contribution in [3.63, 3.8) is 0 Å². The van der Waals surface area contributed by atoms with Crippen molar-refractivity contribution in [2.45, 2.75) is 6.92 Å². The van der Waals surface area contributed by atoms with Gasteiger partial charge in [-0.2, -0.15) is 10.1 Å². The van der Waals surface area contributed by atoms with E-state index in [1.54, 1.807) is 55.5 Å². The highest BCUT2D eigenvalue weighted by molar-refractivity contribution is 6.34. The summed E-state index contributed by atoms with van der Waals surface area (Å²) < 4.78 is 5.81. The lowest BCUT2D eigenvalue weighted by Gasteiger charge is -2.11. The number of carboxylic acid groups (broad SMARTS) is 1. The lowest BCUT2D eigenvalue weighted by molar-refractivity contribution is -0.114. The minimum Gasteiger partial charge on any atom is -0.478 e. The van der Waals surface area contributed by atoms with Crippen molar-refractivity contribution < 1.29 is 19.1 Å². The van der Waals surface area contributed by atoms with Crippen LogP contribution in [-0.4, -0.2) is 22.7 Å². The first-order chi connectivity index (χ1) is 14.3. The highest BCUT2D eigenvalue weighted by Crippen LogP contribution is 2.30. The summed E-state index contributed by atoms with van der Waals surface area (Å²) in [5.74, 6) is -0.446. The van der Waals surface area contributed by atoms with Gasteiger partial charge in [-0.05, 0) is 55.5 Å². The predicted molar refractivity (Wildman–Crippen MR) is 116 cm³/mol. The number of anilines is 1. The van der Waals surface area contributed by atoms with E-state index in [1.807, 2.05) is 0 Å². The topological polar surface area (TPSA) is 83.1 Å². The predicted octanol–water partition coefficient (Wildman–Crippen LogP) is 5.76. The Bertz CT molecular complexity index is 1240. The molecule has 2 heterocycles. The molecular weight excluding hydrogens is 427 g/mol. The van der Waals surface area contributed by atoms with Crippen molar-refractivity contribution in [1.82, 2.24) is 0 Å². The van der Waals surface area contributed by atoms with Gasteiger partial charge in [0, 0.05) is 10.6 Å². The van der Waals surface area contributed by atoms with Crippen molar-refractivity contribution in [3.05, 3.63) is 81.5 Å². The Balaban J connectivity index is 1.61. The zero-order valence-corrected chi connectivity index (χ0v) is 17.1. The molecule has 1 aliphatic rings. The third-order valence-corrected chi connectivity index (χ3v) is 5.06. The van der Waals surface area contributed by atoms with Gasteiger partial charge in [-0.15, -0.1) is 0 Å². The quantitative estimate of drug-likeness (QED) is 0.522. The van der Waals surface area contributed by atoms with Crippen LogP contribution in [0.1, 0.15) is 23.0 Å². The van der Waals surface area contributed by atoms with Crippen LogP contribution in [0.15, 0.2) is 69.7 Å². The molecule has 0 spiro atoms. The second kappa shape index (κ2) is 7.82. The lowest BCUT2D eigenvalue weighted by Crippen LogP contribution is -2.21. The molecule has 0 fully saturated rings. The first kappa shape index (κ1) is 19.9. The molecule has 0 bridgehead atoms.